The van der Waals surface area contributed by atoms with Crippen molar-refractivity contribution in [3.05, 3.63) is 22.6 Å². The molecule has 0 aromatic heterocycles. The molecule has 112 valence electrons. The minimum Gasteiger partial charge on any atom is -0.123 e. The quantitative estimate of drug-likeness (QED) is 0.535. The van der Waals surface area contributed by atoms with Crippen LogP contribution in [-0.4, -0.2) is 4.75 Å². The van der Waals surface area contributed by atoms with Gasteiger partial charge in [-0.15, -0.1) is 11.8 Å². The third kappa shape index (κ3) is 2.30. The molecule has 3 aliphatic rings. The van der Waals surface area contributed by atoms with Crippen molar-refractivity contribution in [3.63, 3.8) is 0 Å². The van der Waals surface area contributed by atoms with Gasteiger partial charge in [0.1, 0.15) is 0 Å². The van der Waals surface area contributed by atoms with E-state index in [1.807, 2.05) is 0 Å². The summed E-state index contributed by atoms with van der Waals surface area (Å²) in [6, 6.07) is 0. The second kappa shape index (κ2) is 4.93. The van der Waals surface area contributed by atoms with Gasteiger partial charge < -0.3 is 0 Å². The summed E-state index contributed by atoms with van der Waals surface area (Å²) >= 11 is 2.25. The Balaban J connectivity index is 1.95. The molecule has 0 N–H and O–H groups in total. The molecule has 3 rings (SSSR count). The lowest BCUT2D eigenvalue weighted by Gasteiger charge is -2.39. The van der Waals surface area contributed by atoms with Gasteiger partial charge in [0.25, 0.3) is 0 Å². The van der Waals surface area contributed by atoms with Crippen LogP contribution in [0.1, 0.15) is 72.6 Å². The van der Waals surface area contributed by atoms with Crippen molar-refractivity contribution in [1.82, 2.24) is 0 Å². The third-order valence-electron chi connectivity index (χ3n) is 5.98. The van der Waals surface area contributed by atoms with E-state index < -0.39 is 0 Å². The first-order valence-electron chi connectivity index (χ1n) is 8.40. The lowest BCUT2D eigenvalue weighted by Crippen LogP contribution is -2.37. The maximum Gasteiger partial charge on any atom is 0.0306 e. The van der Waals surface area contributed by atoms with E-state index in [1.54, 1.807) is 10.5 Å². The minimum atomic E-state index is 0.410. The summed E-state index contributed by atoms with van der Waals surface area (Å²) in [5.74, 6) is 1.55. The zero-order valence-electron chi connectivity index (χ0n) is 13.7. The third-order valence-corrected chi connectivity index (χ3v) is 7.70. The summed E-state index contributed by atoms with van der Waals surface area (Å²) in [6.07, 6.45) is 9.75. The van der Waals surface area contributed by atoms with Crippen LogP contribution in [0.25, 0.3) is 0 Å². The Kier molecular flexibility index (Phi) is 3.64. The molecule has 0 amide bonds. The standard InChI is InChI=1S/C19H30S/c1-13(2)17-15-12-18(3,4)11-10-16(15)20-19(17,5)14-8-6-7-9-14/h14,17H,1,6-12H2,2-5H3/t17?,19-/m1/s1. The molecule has 0 aromatic carbocycles. The predicted octanol–water partition coefficient (Wildman–Crippen LogP) is 6.34. The number of allylic oxidation sites excluding steroid dienone is 3. The Morgan fingerprint density at radius 2 is 1.85 bits per heavy atom. The largest absolute Gasteiger partial charge is 0.123 e. The molecule has 1 heterocycles. The van der Waals surface area contributed by atoms with Gasteiger partial charge in [0.15, 0.2) is 0 Å². The van der Waals surface area contributed by atoms with Crippen molar-refractivity contribution in [2.24, 2.45) is 17.3 Å². The summed E-state index contributed by atoms with van der Waals surface area (Å²) in [4.78, 5) is 1.74. The number of hydrogen-bond acceptors (Lipinski definition) is 1. The van der Waals surface area contributed by atoms with Gasteiger partial charge in [0, 0.05) is 10.7 Å². The first-order chi connectivity index (χ1) is 9.33. The fraction of sp³-hybridized carbons (Fsp3) is 0.789. The molecule has 1 saturated carbocycles. The number of hydrogen-bond donors (Lipinski definition) is 0. The van der Waals surface area contributed by atoms with Crippen LogP contribution in [-0.2, 0) is 0 Å². The van der Waals surface area contributed by atoms with Crippen LogP contribution in [0.4, 0.5) is 0 Å². The van der Waals surface area contributed by atoms with Crippen molar-refractivity contribution < 1.29 is 0 Å². The Bertz CT molecular complexity index is 450. The first-order valence-corrected chi connectivity index (χ1v) is 9.21. The highest BCUT2D eigenvalue weighted by molar-refractivity contribution is 8.04. The monoisotopic (exact) mass is 290 g/mol. The molecule has 1 unspecified atom stereocenters. The van der Waals surface area contributed by atoms with Crippen molar-refractivity contribution in [1.29, 1.82) is 0 Å². The second-order valence-corrected chi connectivity index (χ2v) is 9.91. The molecule has 0 bridgehead atoms. The molecule has 1 fully saturated rings. The maximum atomic E-state index is 4.40. The van der Waals surface area contributed by atoms with Crippen LogP contribution in [0.5, 0.6) is 0 Å². The van der Waals surface area contributed by atoms with E-state index in [-0.39, 0.29) is 0 Å². The SMILES string of the molecule is C=C(C)C1C2=C(CCC(C)(C)C2)S[C@]1(C)C1CCCC1. The number of rotatable bonds is 2. The van der Waals surface area contributed by atoms with E-state index in [9.17, 15) is 0 Å². The Morgan fingerprint density at radius 1 is 1.20 bits per heavy atom. The van der Waals surface area contributed by atoms with Gasteiger partial charge >= 0.3 is 0 Å². The lowest BCUT2D eigenvalue weighted by molar-refractivity contribution is 0.288. The van der Waals surface area contributed by atoms with Crippen molar-refractivity contribution in [3.8, 4) is 0 Å². The normalized spacial score (nSPS) is 37.3. The van der Waals surface area contributed by atoms with Gasteiger partial charge in [-0.05, 0) is 62.2 Å². The summed E-state index contributed by atoms with van der Waals surface area (Å²) in [5, 5.41) is 0. The van der Waals surface area contributed by atoms with E-state index in [0.717, 1.165) is 5.92 Å². The van der Waals surface area contributed by atoms with Gasteiger partial charge in [-0.1, -0.05) is 44.4 Å². The van der Waals surface area contributed by atoms with Crippen LogP contribution in [0.3, 0.4) is 0 Å². The molecule has 0 saturated heterocycles. The van der Waals surface area contributed by atoms with Gasteiger partial charge in [-0.3, -0.25) is 0 Å². The highest BCUT2D eigenvalue weighted by Crippen LogP contribution is 2.63. The van der Waals surface area contributed by atoms with Gasteiger partial charge in [0.05, 0.1) is 0 Å². The molecule has 0 spiro atoms. The smallest absolute Gasteiger partial charge is 0.0306 e. The van der Waals surface area contributed by atoms with E-state index in [4.69, 9.17) is 0 Å². The molecule has 0 radical (unpaired) electrons. The molecule has 2 aliphatic carbocycles. The molecule has 0 nitrogen and oxygen atoms in total. The van der Waals surface area contributed by atoms with E-state index in [1.165, 1.54) is 50.5 Å². The molecule has 2 atom stereocenters. The molecule has 0 aromatic rings. The van der Waals surface area contributed by atoms with Crippen molar-refractivity contribution in [2.75, 3.05) is 0 Å². The van der Waals surface area contributed by atoms with Gasteiger partial charge in [-0.25, -0.2) is 0 Å². The highest BCUT2D eigenvalue weighted by Gasteiger charge is 2.51. The molecular weight excluding hydrogens is 260 g/mol. The average Bonchev–Trinajstić information content (AvgIpc) is 2.93. The molecule has 20 heavy (non-hydrogen) atoms. The Morgan fingerprint density at radius 3 is 2.45 bits per heavy atom. The van der Waals surface area contributed by atoms with Crippen molar-refractivity contribution >= 4 is 11.8 Å². The lowest BCUT2D eigenvalue weighted by atomic mass is 9.67. The zero-order chi connectivity index (χ0) is 14.5. The highest BCUT2D eigenvalue weighted by atomic mass is 32.2. The van der Waals surface area contributed by atoms with Crippen LogP contribution in [0, 0.1) is 17.3 Å². The van der Waals surface area contributed by atoms with Crippen LogP contribution >= 0.6 is 11.8 Å². The van der Waals surface area contributed by atoms with Crippen molar-refractivity contribution in [2.45, 2.75) is 77.4 Å². The Labute approximate surface area is 129 Å². The van der Waals surface area contributed by atoms with Gasteiger partial charge in [-0.2, -0.15) is 0 Å². The minimum absolute atomic E-state index is 0.410. The van der Waals surface area contributed by atoms with E-state index in [2.05, 4.69) is 46.0 Å². The summed E-state index contributed by atoms with van der Waals surface area (Å²) < 4.78 is 0.410. The fourth-order valence-corrected chi connectivity index (χ4v) is 6.89. The van der Waals surface area contributed by atoms with E-state index >= 15 is 0 Å². The fourth-order valence-electron chi connectivity index (χ4n) is 4.97. The second-order valence-electron chi connectivity index (χ2n) is 8.34. The van der Waals surface area contributed by atoms with Gasteiger partial charge in [0.2, 0.25) is 0 Å². The van der Waals surface area contributed by atoms with E-state index in [0.29, 0.717) is 16.1 Å². The molecule has 1 aliphatic heterocycles. The van der Waals surface area contributed by atoms with Crippen LogP contribution < -0.4 is 0 Å². The van der Waals surface area contributed by atoms with Crippen LogP contribution in [0.15, 0.2) is 22.6 Å². The Hall–Kier alpha value is -0.170. The number of thioether (sulfide) groups is 1. The summed E-state index contributed by atoms with van der Waals surface area (Å²) in [7, 11) is 0. The molecule has 1 heteroatoms. The maximum absolute atomic E-state index is 4.40. The summed E-state index contributed by atoms with van der Waals surface area (Å²) in [6.45, 7) is 14.1. The van der Waals surface area contributed by atoms with Crippen LogP contribution in [0.2, 0.25) is 0 Å². The molecular formula is C19H30S. The average molecular weight is 291 g/mol. The first kappa shape index (κ1) is 14.8. The zero-order valence-corrected chi connectivity index (χ0v) is 14.5. The summed E-state index contributed by atoms with van der Waals surface area (Å²) in [5.41, 5.74) is 3.68. The topological polar surface area (TPSA) is 0 Å². The predicted molar refractivity (Wildman–Crippen MR) is 90.9 cm³/mol.